The third-order valence-corrected chi connectivity index (χ3v) is 2.39. The first-order valence-electron chi connectivity index (χ1n) is 4.59. The van der Waals surface area contributed by atoms with E-state index in [4.69, 9.17) is 11.6 Å². The third kappa shape index (κ3) is 2.95. The van der Waals surface area contributed by atoms with Crippen LogP contribution in [0.2, 0.25) is 0 Å². The minimum atomic E-state index is -0.570. The van der Waals surface area contributed by atoms with Crippen LogP contribution >= 0.6 is 11.6 Å². The van der Waals surface area contributed by atoms with Gasteiger partial charge >= 0.3 is 0 Å². The van der Waals surface area contributed by atoms with Crippen molar-refractivity contribution in [1.29, 1.82) is 0 Å². The fraction of sp³-hybridized carbons (Fsp3) is 0.455. The van der Waals surface area contributed by atoms with Gasteiger partial charge in [-0.1, -0.05) is 19.9 Å². The lowest BCUT2D eigenvalue weighted by Crippen LogP contribution is -1.99. The second-order valence-corrected chi connectivity index (χ2v) is 4.29. The predicted octanol–water partition coefficient (Wildman–Crippen LogP) is 4.29. The highest BCUT2D eigenvalue weighted by Gasteiger charge is 2.14. The Morgan fingerprint density at radius 1 is 1.29 bits per heavy atom. The fourth-order valence-electron chi connectivity index (χ4n) is 1.30. The number of alkyl halides is 1. The smallest absolute Gasteiger partial charge is 0.130 e. The summed E-state index contributed by atoms with van der Waals surface area (Å²) in [6.07, 6.45) is 0.685. The van der Waals surface area contributed by atoms with Gasteiger partial charge < -0.3 is 0 Å². The summed E-state index contributed by atoms with van der Waals surface area (Å²) in [6, 6.07) is 3.50. The average molecular weight is 219 g/mol. The Hall–Kier alpha value is -0.630. The van der Waals surface area contributed by atoms with Gasteiger partial charge in [0.2, 0.25) is 0 Å². The van der Waals surface area contributed by atoms with Crippen LogP contribution in [0.3, 0.4) is 0 Å². The zero-order chi connectivity index (χ0) is 10.7. The van der Waals surface area contributed by atoms with Crippen LogP contribution in [-0.4, -0.2) is 0 Å². The minimum Gasteiger partial charge on any atom is -0.207 e. The van der Waals surface area contributed by atoms with Crippen molar-refractivity contribution in [2.75, 3.05) is 0 Å². The largest absolute Gasteiger partial charge is 0.207 e. The van der Waals surface area contributed by atoms with Gasteiger partial charge in [-0.2, -0.15) is 0 Å². The molecule has 0 amide bonds. The summed E-state index contributed by atoms with van der Waals surface area (Å²) in [5.74, 6) is -0.743. The van der Waals surface area contributed by atoms with Crippen LogP contribution in [0.25, 0.3) is 0 Å². The van der Waals surface area contributed by atoms with Crippen molar-refractivity contribution in [3.05, 3.63) is 35.4 Å². The molecule has 1 atom stereocenters. The quantitative estimate of drug-likeness (QED) is 0.664. The number of benzene rings is 1. The van der Waals surface area contributed by atoms with Gasteiger partial charge in [0.15, 0.2) is 0 Å². The van der Waals surface area contributed by atoms with Gasteiger partial charge in [-0.15, -0.1) is 11.6 Å². The number of halogens is 3. The Bertz CT molecular complexity index is 310. The van der Waals surface area contributed by atoms with Crippen molar-refractivity contribution >= 4 is 11.6 Å². The lowest BCUT2D eigenvalue weighted by atomic mass is 10.0. The maximum Gasteiger partial charge on any atom is 0.130 e. The van der Waals surface area contributed by atoms with Crippen molar-refractivity contribution < 1.29 is 8.78 Å². The van der Waals surface area contributed by atoms with Crippen LogP contribution < -0.4 is 0 Å². The van der Waals surface area contributed by atoms with E-state index in [1.165, 1.54) is 12.1 Å². The lowest BCUT2D eigenvalue weighted by molar-refractivity contribution is 0.537. The normalized spacial score (nSPS) is 13.3. The summed E-state index contributed by atoms with van der Waals surface area (Å²) in [5, 5.41) is -0.379. The van der Waals surface area contributed by atoms with E-state index in [0.717, 1.165) is 6.07 Å². The van der Waals surface area contributed by atoms with E-state index in [0.29, 0.717) is 17.9 Å². The molecule has 0 nitrogen and oxygen atoms in total. The van der Waals surface area contributed by atoms with Crippen LogP contribution in [0.15, 0.2) is 18.2 Å². The van der Waals surface area contributed by atoms with E-state index in [1.807, 2.05) is 13.8 Å². The van der Waals surface area contributed by atoms with Gasteiger partial charge in [-0.25, -0.2) is 8.78 Å². The molecule has 1 aromatic carbocycles. The molecule has 0 radical (unpaired) electrons. The topological polar surface area (TPSA) is 0 Å². The summed E-state index contributed by atoms with van der Waals surface area (Å²) in [4.78, 5) is 0. The molecule has 0 bridgehead atoms. The Balaban J connectivity index is 2.84. The van der Waals surface area contributed by atoms with Crippen LogP contribution in [0.1, 0.15) is 31.2 Å². The van der Waals surface area contributed by atoms with Crippen molar-refractivity contribution in [2.45, 2.75) is 25.6 Å². The van der Waals surface area contributed by atoms with E-state index in [1.54, 1.807) is 0 Å². The molecule has 1 aromatic rings. The maximum absolute atomic E-state index is 13.2. The number of rotatable bonds is 3. The van der Waals surface area contributed by atoms with Crippen molar-refractivity contribution in [1.82, 2.24) is 0 Å². The van der Waals surface area contributed by atoms with Crippen LogP contribution in [-0.2, 0) is 0 Å². The molecule has 0 spiro atoms. The van der Waals surface area contributed by atoms with E-state index >= 15 is 0 Å². The first kappa shape index (κ1) is 11.4. The molecule has 0 aliphatic rings. The van der Waals surface area contributed by atoms with Gasteiger partial charge in [0.1, 0.15) is 11.6 Å². The molecule has 1 rings (SSSR count). The second kappa shape index (κ2) is 4.74. The number of hydrogen-bond donors (Lipinski definition) is 0. The monoisotopic (exact) mass is 218 g/mol. The van der Waals surface area contributed by atoms with E-state index in [9.17, 15) is 8.78 Å². The van der Waals surface area contributed by atoms with Gasteiger partial charge in [0.05, 0.1) is 5.38 Å². The Labute approximate surface area is 87.9 Å². The molecule has 0 heterocycles. The zero-order valence-electron chi connectivity index (χ0n) is 8.23. The Morgan fingerprint density at radius 3 is 2.43 bits per heavy atom. The highest BCUT2D eigenvalue weighted by atomic mass is 35.5. The van der Waals surface area contributed by atoms with Crippen LogP contribution in [0, 0.1) is 17.6 Å². The Morgan fingerprint density at radius 2 is 1.93 bits per heavy atom. The predicted molar refractivity (Wildman–Crippen MR) is 54.4 cm³/mol. The molecule has 0 aromatic heterocycles. The van der Waals surface area contributed by atoms with Gasteiger partial charge in [0, 0.05) is 11.6 Å². The first-order chi connectivity index (χ1) is 6.50. The molecule has 14 heavy (non-hydrogen) atoms. The Kier molecular flexibility index (Phi) is 3.87. The summed E-state index contributed by atoms with van der Waals surface area (Å²) in [6.45, 7) is 4.02. The molecule has 1 unspecified atom stereocenters. The molecular formula is C11H13ClF2. The molecule has 0 aliphatic heterocycles. The highest BCUT2D eigenvalue weighted by Crippen LogP contribution is 2.29. The minimum absolute atomic E-state index is 0.377. The van der Waals surface area contributed by atoms with E-state index < -0.39 is 11.6 Å². The fourth-order valence-corrected chi connectivity index (χ4v) is 1.83. The third-order valence-electron chi connectivity index (χ3n) is 1.98. The van der Waals surface area contributed by atoms with Gasteiger partial charge in [-0.05, 0) is 18.4 Å². The van der Waals surface area contributed by atoms with Crippen molar-refractivity contribution in [2.24, 2.45) is 5.92 Å². The number of hydrogen-bond acceptors (Lipinski definition) is 0. The average Bonchev–Trinajstić information content (AvgIpc) is 2.01. The zero-order valence-corrected chi connectivity index (χ0v) is 8.98. The lowest BCUT2D eigenvalue weighted by Gasteiger charge is -2.12. The van der Waals surface area contributed by atoms with E-state index in [2.05, 4.69) is 0 Å². The van der Waals surface area contributed by atoms with Crippen LogP contribution in [0.5, 0.6) is 0 Å². The molecule has 0 fully saturated rings. The van der Waals surface area contributed by atoms with Gasteiger partial charge in [-0.3, -0.25) is 0 Å². The second-order valence-electron chi connectivity index (χ2n) is 3.76. The van der Waals surface area contributed by atoms with Gasteiger partial charge in [0.25, 0.3) is 0 Å². The van der Waals surface area contributed by atoms with Crippen molar-refractivity contribution in [3.8, 4) is 0 Å². The molecular weight excluding hydrogens is 206 g/mol. The van der Waals surface area contributed by atoms with Crippen molar-refractivity contribution in [3.63, 3.8) is 0 Å². The molecule has 78 valence electrons. The molecule has 0 saturated carbocycles. The molecule has 3 heteroatoms. The van der Waals surface area contributed by atoms with E-state index in [-0.39, 0.29) is 5.38 Å². The maximum atomic E-state index is 13.2. The molecule has 0 aliphatic carbocycles. The molecule has 0 saturated heterocycles. The SMILES string of the molecule is CC(C)CC(Cl)c1ccc(F)cc1F. The first-order valence-corrected chi connectivity index (χ1v) is 5.03. The standard InChI is InChI=1S/C11H13ClF2/c1-7(2)5-10(12)9-4-3-8(13)6-11(9)14/h3-4,6-7,10H,5H2,1-2H3. The summed E-state index contributed by atoms with van der Waals surface area (Å²) in [5.41, 5.74) is 0.377. The highest BCUT2D eigenvalue weighted by molar-refractivity contribution is 6.20. The summed E-state index contributed by atoms with van der Waals surface area (Å²) in [7, 11) is 0. The summed E-state index contributed by atoms with van der Waals surface area (Å²) >= 11 is 6.00. The molecule has 0 N–H and O–H groups in total. The summed E-state index contributed by atoms with van der Waals surface area (Å²) < 4.78 is 25.8. The van der Waals surface area contributed by atoms with Crippen LogP contribution in [0.4, 0.5) is 8.78 Å².